The molecule has 4 rings (SSSR count). The monoisotopic (exact) mass is 390 g/mol. The highest BCUT2D eigenvalue weighted by Crippen LogP contribution is 2.46. The van der Waals surface area contributed by atoms with Crippen molar-refractivity contribution in [3.63, 3.8) is 0 Å². The molecule has 0 aliphatic carbocycles. The summed E-state index contributed by atoms with van der Waals surface area (Å²) < 4.78 is 5.65. The number of hydrogen-bond acceptors (Lipinski definition) is 5. The second-order valence-corrected chi connectivity index (χ2v) is 9.27. The maximum absolute atomic E-state index is 12.7. The lowest BCUT2D eigenvalue weighted by molar-refractivity contribution is 0.00490. The molecule has 2 saturated heterocycles. The molecule has 2 fully saturated rings. The zero-order valence-electron chi connectivity index (χ0n) is 16.4. The van der Waals surface area contributed by atoms with Crippen molar-refractivity contribution >= 4 is 29.0 Å². The molecule has 0 saturated carbocycles. The number of likely N-dealkylation sites (N-methyl/N-ethyl adjacent to an activating group) is 1. The Morgan fingerprint density at radius 3 is 2.52 bits per heavy atom. The molecular weight excluding hydrogens is 364 g/mol. The Hall–Kier alpha value is -1.82. The number of hydrogen-bond donors (Lipinski definition) is 0. The summed E-state index contributed by atoms with van der Waals surface area (Å²) in [7, 11) is 2.04. The Bertz CT molecular complexity index is 775. The number of amides is 1. The first-order chi connectivity index (χ1) is 12.7. The summed E-state index contributed by atoms with van der Waals surface area (Å²) in [5.41, 5.74) is 2.77. The van der Waals surface area contributed by atoms with Crippen molar-refractivity contribution in [3.8, 4) is 0 Å². The number of anilines is 1. The van der Waals surface area contributed by atoms with Crippen molar-refractivity contribution in [2.75, 3.05) is 18.5 Å². The van der Waals surface area contributed by atoms with E-state index in [1.807, 2.05) is 38.8 Å². The van der Waals surface area contributed by atoms with Gasteiger partial charge in [-0.2, -0.15) is 0 Å². The van der Waals surface area contributed by atoms with Gasteiger partial charge in [0.1, 0.15) is 11.3 Å². The van der Waals surface area contributed by atoms with Gasteiger partial charge in [-0.25, -0.2) is 4.79 Å². The van der Waals surface area contributed by atoms with Crippen LogP contribution in [0.15, 0.2) is 12.1 Å². The van der Waals surface area contributed by atoms with E-state index in [0.29, 0.717) is 11.1 Å². The molecule has 3 aliphatic rings. The van der Waals surface area contributed by atoms with Crippen molar-refractivity contribution in [1.82, 2.24) is 15.1 Å². The summed E-state index contributed by atoms with van der Waals surface area (Å²) in [6.07, 6.45) is 6.10. The maximum atomic E-state index is 12.7. The van der Waals surface area contributed by atoms with E-state index < -0.39 is 5.60 Å². The number of carbonyl (C=O) groups is 1. The van der Waals surface area contributed by atoms with Crippen LogP contribution in [-0.2, 0) is 4.74 Å². The zero-order chi connectivity index (χ0) is 19.3. The van der Waals surface area contributed by atoms with Gasteiger partial charge in [-0.05, 0) is 57.9 Å². The number of halogens is 1. The quantitative estimate of drug-likeness (QED) is 0.721. The van der Waals surface area contributed by atoms with Gasteiger partial charge in [0.25, 0.3) is 0 Å². The van der Waals surface area contributed by atoms with E-state index in [0.717, 1.165) is 43.6 Å². The molecule has 1 aromatic heterocycles. The van der Waals surface area contributed by atoms with Crippen LogP contribution in [0.3, 0.4) is 0 Å². The normalized spacial score (nSPS) is 27.3. The minimum Gasteiger partial charge on any atom is -0.444 e. The van der Waals surface area contributed by atoms with Crippen LogP contribution in [-0.4, -0.2) is 52.5 Å². The topological polar surface area (TPSA) is 58.6 Å². The number of allylic oxidation sites excluding steroid dienone is 1. The van der Waals surface area contributed by atoms with Crippen LogP contribution in [0.25, 0.3) is 5.57 Å². The molecule has 2 bridgehead atoms. The SMILES string of the molecule is CN1CC=C(C2CC3CCC(C2)N3C(=O)OC(C)(C)C)c2nnc(Cl)cc21. The fourth-order valence-corrected chi connectivity index (χ4v) is 4.83. The standard InChI is InChI=1S/C20H27ClN4O2/c1-20(2,3)27-19(26)25-13-5-6-14(25)10-12(9-13)15-7-8-24(4)16-11-17(21)22-23-18(15)16/h7,11-14H,5-6,8-10H2,1-4H3. The molecule has 0 aromatic carbocycles. The molecule has 146 valence electrons. The van der Waals surface area contributed by atoms with E-state index in [1.54, 1.807) is 0 Å². The summed E-state index contributed by atoms with van der Waals surface area (Å²) in [4.78, 5) is 16.8. The maximum Gasteiger partial charge on any atom is 0.410 e. The van der Waals surface area contributed by atoms with Crippen molar-refractivity contribution < 1.29 is 9.53 Å². The Labute approximate surface area is 165 Å². The van der Waals surface area contributed by atoms with E-state index in [9.17, 15) is 4.79 Å². The number of aromatic nitrogens is 2. The van der Waals surface area contributed by atoms with Gasteiger partial charge in [0, 0.05) is 31.7 Å². The minimum atomic E-state index is -0.461. The molecule has 1 aromatic rings. The molecule has 2 atom stereocenters. The molecule has 0 N–H and O–H groups in total. The molecular formula is C20H27ClN4O2. The first kappa shape index (κ1) is 18.5. The lowest BCUT2D eigenvalue weighted by Crippen LogP contribution is -2.48. The van der Waals surface area contributed by atoms with Crippen molar-refractivity contribution in [2.45, 2.75) is 64.1 Å². The smallest absolute Gasteiger partial charge is 0.410 e. The second-order valence-electron chi connectivity index (χ2n) is 8.88. The van der Waals surface area contributed by atoms with Gasteiger partial charge in [0.15, 0.2) is 5.15 Å². The summed E-state index contributed by atoms with van der Waals surface area (Å²) in [5, 5.41) is 8.89. The lowest BCUT2D eigenvalue weighted by Gasteiger charge is -2.41. The third kappa shape index (κ3) is 3.51. The minimum absolute atomic E-state index is 0.169. The van der Waals surface area contributed by atoms with Gasteiger partial charge in [0.05, 0.1) is 5.69 Å². The number of piperidine rings is 1. The highest BCUT2D eigenvalue weighted by atomic mass is 35.5. The summed E-state index contributed by atoms with van der Waals surface area (Å²) in [6.45, 7) is 6.60. The van der Waals surface area contributed by atoms with Crippen LogP contribution in [0.1, 0.15) is 52.1 Å². The third-order valence-electron chi connectivity index (χ3n) is 5.79. The number of fused-ring (bicyclic) bond motifs is 3. The van der Waals surface area contributed by atoms with Gasteiger partial charge >= 0.3 is 6.09 Å². The Morgan fingerprint density at radius 1 is 1.22 bits per heavy atom. The number of rotatable bonds is 1. The Morgan fingerprint density at radius 2 is 1.89 bits per heavy atom. The highest BCUT2D eigenvalue weighted by Gasteiger charge is 2.46. The fraction of sp³-hybridized carbons (Fsp3) is 0.650. The van der Waals surface area contributed by atoms with E-state index in [1.165, 1.54) is 5.57 Å². The van der Waals surface area contributed by atoms with E-state index in [2.05, 4.69) is 21.2 Å². The summed E-state index contributed by atoms with van der Waals surface area (Å²) in [6, 6.07) is 2.38. The van der Waals surface area contributed by atoms with Gasteiger partial charge < -0.3 is 14.5 Å². The predicted molar refractivity (Wildman–Crippen MR) is 106 cm³/mol. The highest BCUT2D eigenvalue weighted by molar-refractivity contribution is 6.29. The molecule has 2 unspecified atom stereocenters. The number of carbonyl (C=O) groups excluding carboxylic acids is 1. The van der Waals surface area contributed by atoms with Crippen molar-refractivity contribution in [2.24, 2.45) is 5.92 Å². The molecule has 0 radical (unpaired) electrons. The average molecular weight is 391 g/mol. The molecule has 4 heterocycles. The first-order valence-corrected chi connectivity index (χ1v) is 10.1. The number of nitrogens with zero attached hydrogens (tertiary/aromatic N) is 4. The Balaban J connectivity index is 1.55. The number of ether oxygens (including phenoxy) is 1. The molecule has 3 aliphatic heterocycles. The molecule has 27 heavy (non-hydrogen) atoms. The second kappa shape index (κ2) is 6.66. The van der Waals surface area contributed by atoms with Crippen LogP contribution in [0.4, 0.5) is 10.5 Å². The largest absolute Gasteiger partial charge is 0.444 e. The first-order valence-electron chi connectivity index (χ1n) is 9.69. The van der Waals surface area contributed by atoms with Crippen LogP contribution in [0, 0.1) is 5.92 Å². The van der Waals surface area contributed by atoms with Crippen molar-refractivity contribution in [1.29, 1.82) is 0 Å². The van der Waals surface area contributed by atoms with Crippen LogP contribution in [0.2, 0.25) is 5.15 Å². The third-order valence-corrected chi connectivity index (χ3v) is 5.98. The molecule has 1 amide bonds. The van der Waals surface area contributed by atoms with Gasteiger partial charge in [-0.15, -0.1) is 10.2 Å². The van der Waals surface area contributed by atoms with Crippen LogP contribution in [0.5, 0.6) is 0 Å². The van der Waals surface area contributed by atoms with E-state index >= 15 is 0 Å². The molecule has 6 nitrogen and oxygen atoms in total. The van der Waals surface area contributed by atoms with Crippen LogP contribution < -0.4 is 4.90 Å². The molecule has 0 spiro atoms. The average Bonchev–Trinajstić information content (AvgIpc) is 2.85. The van der Waals surface area contributed by atoms with Gasteiger partial charge in [0.2, 0.25) is 0 Å². The van der Waals surface area contributed by atoms with E-state index in [4.69, 9.17) is 16.3 Å². The van der Waals surface area contributed by atoms with Crippen molar-refractivity contribution in [3.05, 3.63) is 23.0 Å². The predicted octanol–water partition coefficient (Wildman–Crippen LogP) is 4.14. The fourth-order valence-electron chi connectivity index (χ4n) is 4.69. The summed E-state index contributed by atoms with van der Waals surface area (Å²) >= 11 is 6.06. The Kier molecular flexibility index (Phi) is 4.57. The van der Waals surface area contributed by atoms with E-state index in [-0.39, 0.29) is 18.2 Å². The van der Waals surface area contributed by atoms with Gasteiger partial charge in [-0.3, -0.25) is 0 Å². The zero-order valence-corrected chi connectivity index (χ0v) is 17.2. The lowest BCUT2D eigenvalue weighted by atomic mass is 9.82. The van der Waals surface area contributed by atoms with Gasteiger partial charge in [-0.1, -0.05) is 17.7 Å². The van der Waals surface area contributed by atoms with Crippen LogP contribution >= 0.6 is 11.6 Å². The summed E-state index contributed by atoms with van der Waals surface area (Å²) in [5.74, 6) is 0.393. The molecule has 7 heteroatoms.